The van der Waals surface area contributed by atoms with E-state index in [1.165, 1.54) is 22.7 Å². The smallest absolute Gasteiger partial charge is 0.230 e. The van der Waals surface area contributed by atoms with E-state index in [4.69, 9.17) is 12.2 Å². The Bertz CT molecular complexity index is 665. The minimum atomic E-state index is 0.0318. The number of nitrogens with zero attached hydrogens (tertiary/aromatic N) is 1. The van der Waals surface area contributed by atoms with Crippen LogP contribution in [-0.4, -0.2) is 45.5 Å². The maximum Gasteiger partial charge on any atom is 0.230 e. The van der Waals surface area contributed by atoms with E-state index in [1.54, 1.807) is 0 Å². The fraction of sp³-hybridized carbons (Fsp3) is 0.412. The highest BCUT2D eigenvalue weighted by molar-refractivity contribution is 8.23. The number of thioether (sulfide) groups is 1. The second kappa shape index (κ2) is 8.93. The molecule has 6 heteroatoms. The van der Waals surface area contributed by atoms with Gasteiger partial charge in [0.05, 0.1) is 5.75 Å². The van der Waals surface area contributed by atoms with E-state index in [0.717, 1.165) is 29.3 Å². The maximum absolute atomic E-state index is 11.9. The molecule has 2 aromatic rings. The van der Waals surface area contributed by atoms with Crippen LogP contribution < -0.4 is 5.32 Å². The quantitative estimate of drug-likeness (QED) is 0.754. The number of aromatic nitrogens is 1. The molecule has 0 saturated carbocycles. The number of nitrogens with one attached hydrogen (secondary N) is 2. The Labute approximate surface area is 147 Å². The normalized spacial score (nSPS) is 10.7. The van der Waals surface area contributed by atoms with Crippen molar-refractivity contribution in [2.45, 2.75) is 20.3 Å². The van der Waals surface area contributed by atoms with Gasteiger partial charge >= 0.3 is 0 Å². The second-order valence-corrected chi connectivity index (χ2v) is 6.80. The summed E-state index contributed by atoms with van der Waals surface area (Å²) in [7, 11) is 0. The third-order valence-corrected chi connectivity index (χ3v) is 5.26. The van der Waals surface area contributed by atoms with Crippen LogP contribution in [0.3, 0.4) is 0 Å². The molecule has 0 spiro atoms. The molecular formula is C17H23N3OS2. The lowest BCUT2D eigenvalue weighted by molar-refractivity contribution is -0.118. The molecule has 2 rings (SSSR count). The van der Waals surface area contributed by atoms with Gasteiger partial charge in [0, 0.05) is 36.7 Å². The molecule has 1 heterocycles. The van der Waals surface area contributed by atoms with Gasteiger partial charge in [-0.2, -0.15) is 0 Å². The summed E-state index contributed by atoms with van der Waals surface area (Å²) in [5.41, 5.74) is 2.36. The molecule has 0 saturated heterocycles. The van der Waals surface area contributed by atoms with E-state index in [9.17, 15) is 4.79 Å². The monoisotopic (exact) mass is 349 g/mol. The number of amides is 1. The fourth-order valence-electron chi connectivity index (χ4n) is 2.43. The molecule has 0 unspecified atom stereocenters. The van der Waals surface area contributed by atoms with Gasteiger partial charge in [-0.3, -0.25) is 4.79 Å². The van der Waals surface area contributed by atoms with Crippen LogP contribution in [0.2, 0.25) is 0 Å². The van der Waals surface area contributed by atoms with Crippen molar-refractivity contribution in [3.05, 3.63) is 36.0 Å². The lowest BCUT2D eigenvalue weighted by Crippen LogP contribution is -2.31. The van der Waals surface area contributed by atoms with Crippen molar-refractivity contribution in [2.75, 3.05) is 25.4 Å². The Morgan fingerprint density at radius 3 is 2.78 bits per heavy atom. The highest BCUT2D eigenvalue weighted by Crippen LogP contribution is 2.17. The Morgan fingerprint density at radius 1 is 1.30 bits per heavy atom. The zero-order chi connectivity index (χ0) is 16.7. The number of hydrogen-bond donors (Lipinski definition) is 2. The average Bonchev–Trinajstić information content (AvgIpc) is 2.97. The minimum absolute atomic E-state index is 0.0318. The second-order valence-electron chi connectivity index (χ2n) is 5.19. The summed E-state index contributed by atoms with van der Waals surface area (Å²) in [5, 5.41) is 4.19. The number of carbonyl (C=O) groups excluding carboxylic acids is 1. The Hall–Kier alpha value is -1.53. The van der Waals surface area contributed by atoms with Crippen molar-refractivity contribution in [3.8, 4) is 0 Å². The first-order valence-electron chi connectivity index (χ1n) is 7.89. The lowest BCUT2D eigenvalue weighted by Gasteiger charge is -2.20. The van der Waals surface area contributed by atoms with Gasteiger partial charge in [-0.1, -0.05) is 42.2 Å². The summed E-state index contributed by atoms with van der Waals surface area (Å²) in [5.74, 6) is 0.410. The van der Waals surface area contributed by atoms with Crippen LogP contribution in [0, 0.1) is 0 Å². The average molecular weight is 350 g/mol. The first-order valence-corrected chi connectivity index (χ1v) is 9.28. The highest BCUT2D eigenvalue weighted by Gasteiger charge is 2.09. The zero-order valence-electron chi connectivity index (χ0n) is 13.6. The van der Waals surface area contributed by atoms with Gasteiger partial charge in [0.1, 0.15) is 4.32 Å². The molecule has 0 atom stereocenters. The Morgan fingerprint density at radius 2 is 2.04 bits per heavy atom. The Balaban J connectivity index is 1.74. The number of H-pyrrole nitrogens is 1. The van der Waals surface area contributed by atoms with Crippen molar-refractivity contribution < 1.29 is 4.79 Å². The van der Waals surface area contributed by atoms with Crippen molar-refractivity contribution >= 4 is 45.1 Å². The fourth-order valence-corrected chi connectivity index (χ4v) is 3.66. The van der Waals surface area contributed by atoms with Crippen LogP contribution in [0.4, 0.5) is 0 Å². The number of hydrogen-bond acceptors (Lipinski definition) is 3. The van der Waals surface area contributed by atoms with Crippen molar-refractivity contribution in [1.29, 1.82) is 0 Å². The molecule has 124 valence electrons. The van der Waals surface area contributed by atoms with Crippen LogP contribution in [0.5, 0.6) is 0 Å². The summed E-state index contributed by atoms with van der Waals surface area (Å²) in [6.07, 6.45) is 2.84. The number of benzene rings is 1. The van der Waals surface area contributed by atoms with E-state index in [-0.39, 0.29) is 5.91 Å². The van der Waals surface area contributed by atoms with Crippen molar-refractivity contribution in [2.24, 2.45) is 0 Å². The third kappa shape index (κ3) is 4.97. The first-order chi connectivity index (χ1) is 11.2. The molecule has 0 aliphatic rings. The van der Waals surface area contributed by atoms with Gasteiger partial charge in [0.2, 0.25) is 5.91 Å². The van der Waals surface area contributed by atoms with Crippen LogP contribution in [0.15, 0.2) is 30.5 Å². The summed E-state index contributed by atoms with van der Waals surface area (Å²) >= 11 is 6.76. The summed E-state index contributed by atoms with van der Waals surface area (Å²) < 4.78 is 0.793. The van der Waals surface area contributed by atoms with Gasteiger partial charge < -0.3 is 15.2 Å². The lowest BCUT2D eigenvalue weighted by atomic mass is 10.1. The number of rotatable bonds is 7. The van der Waals surface area contributed by atoms with E-state index in [2.05, 4.69) is 41.2 Å². The van der Waals surface area contributed by atoms with E-state index < -0.39 is 0 Å². The van der Waals surface area contributed by atoms with Crippen LogP contribution in [-0.2, 0) is 11.2 Å². The van der Waals surface area contributed by atoms with Crippen molar-refractivity contribution in [3.63, 3.8) is 0 Å². The van der Waals surface area contributed by atoms with Gasteiger partial charge in [0.25, 0.3) is 0 Å². The van der Waals surface area contributed by atoms with Gasteiger partial charge in [-0.15, -0.1) is 0 Å². The standard InChI is InChI=1S/C17H23N3OS2/c1-3-20(4-2)17(22)23-12-16(21)18-10-9-13-11-19-15-8-6-5-7-14(13)15/h5-8,11,19H,3-4,9-10,12H2,1-2H3,(H,18,21). The first kappa shape index (κ1) is 17.8. The van der Waals surface area contributed by atoms with Crippen molar-refractivity contribution in [1.82, 2.24) is 15.2 Å². The topological polar surface area (TPSA) is 48.1 Å². The molecule has 1 amide bonds. The molecule has 0 aliphatic carbocycles. The highest BCUT2D eigenvalue weighted by atomic mass is 32.2. The zero-order valence-corrected chi connectivity index (χ0v) is 15.2. The predicted octanol–water partition coefficient (Wildman–Crippen LogP) is 3.19. The molecule has 4 nitrogen and oxygen atoms in total. The van der Waals surface area contributed by atoms with Gasteiger partial charge in [-0.25, -0.2) is 0 Å². The van der Waals surface area contributed by atoms with Crippen LogP contribution >= 0.6 is 24.0 Å². The van der Waals surface area contributed by atoms with Crippen LogP contribution in [0.25, 0.3) is 10.9 Å². The van der Waals surface area contributed by atoms with Crippen LogP contribution in [0.1, 0.15) is 19.4 Å². The Kier molecular flexibility index (Phi) is 6.92. The molecule has 0 aliphatic heterocycles. The molecule has 1 aromatic heterocycles. The molecule has 2 N–H and O–H groups in total. The van der Waals surface area contributed by atoms with Gasteiger partial charge in [0.15, 0.2) is 0 Å². The molecular weight excluding hydrogens is 326 g/mol. The molecule has 0 radical (unpaired) electrons. The SMILES string of the molecule is CCN(CC)C(=S)SCC(=O)NCCc1c[nH]c2ccccc12. The molecule has 1 aromatic carbocycles. The van der Waals surface area contributed by atoms with E-state index in [1.807, 2.05) is 18.3 Å². The molecule has 0 bridgehead atoms. The summed E-state index contributed by atoms with van der Waals surface area (Å²) in [4.78, 5) is 17.3. The summed E-state index contributed by atoms with van der Waals surface area (Å²) in [6, 6.07) is 8.20. The predicted molar refractivity (Wildman–Crippen MR) is 103 cm³/mol. The number of aromatic amines is 1. The van der Waals surface area contributed by atoms with E-state index in [0.29, 0.717) is 12.3 Å². The number of para-hydroxylation sites is 1. The number of carbonyl (C=O) groups is 1. The molecule has 0 fully saturated rings. The maximum atomic E-state index is 11.9. The number of thiocarbonyl (C=S) groups is 1. The molecule has 23 heavy (non-hydrogen) atoms. The van der Waals surface area contributed by atoms with E-state index >= 15 is 0 Å². The minimum Gasteiger partial charge on any atom is -0.361 e. The number of fused-ring (bicyclic) bond motifs is 1. The largest absolute Gasteiger partial charge is 0.361 e. The van der Waals surface area contributed by atoms with Gasteiger partial charge in [-0.05, 0) is 31.9 Å². The third-order valence-electron chi connectivity index (χ3n) is 3.74. The summed E-state index contributed by atoms with van der Waals surface area (Å²) in [6.45, 7) is 6.53.